The zero-order chi connectivity index (χ0) is 13.9. The number of rotatable bonds is 4. The fourth-order valence-electron chi connectivity index (χ4n) is 2.92. The van der Waals surface area contributed by atoms with Crippen molar-refractivity contribution in [2.24, 2.45) is 0 Å². The fourth-order valence-corrected chi connectivity index (χ4v) is 2.92. The Hall–Kier alpha value is -1.00. The van der Waals surface area contributed by atoms with Crippen LogP contribution in [0.4, 0.5) is 8.78 Å². The summed E-state index contributed by atoms with van der Waals surface area (Å²) in [6.07, 6.45) is 3.92. The number of hydrogen-bond acceptors (Lipinski definition) is 2. The molecule has 1 atom stereocenters. The van der Waals surface area contributed by atoms with E-state index in [9.17, 15) is 13.9 Å². The maximum absolute atomic E-state index is 13.6. The lowest BCUT2D eigenvalue weighted by Gasteiger charge is -2.40. The average molecular weight is 270 g/mol. The molecule has 0 radical (unpaired) electrons. The number of aliphatic hydroxyl groups excluding tert-OH is 1. The van der Waals surface area contributed by atoms with E-state index < -0.39 is 23.3 Å². The van der Waals surface area contributed by atoms with E-state index in [0.717, 1.165) is 38.2 Å². The first kappa shape index (κ1) is 14.4. The molecule has 1 aliphatic carbocycles. The van der Waals surface area contributed by atoms with Crippen LogP contribution in [0, 0.1) is 11.6 Å². The van der Waals surface area contributed by atoms with Crippen molar-refractivity contribution in [1.29, 1.82) is 0 Å². The monoisotopic (exact) mass is 270 g/mol. The van der Waals surface area contributed by atoms with Crippen molar-refractivity contribution in [2.45, 2.75) is 50.2 Å². The van der Waals surface area contributed by atoms with Gasteiger partial charge in [-0.15, -0.1) is 0 Å². The van der Waals surface area contributed by atoms with E-state index >= 15 is 0 Å². The molecule has 1 aromatic rings. The van der Waals surface area contributed by atoms with Crippen LogP contribution < -0.4 is 0 Å². The van der Waals surface area contributed by atoms with Crippen LogP contribution in [0.5, 0.6) is 0 Å². The molecule has 1 N–H and O–H groups in total. The second-order valence-corrected chi connectivity index (χ2v) is 5.26. The van der Waals surface area contributed by atoms with Crippen LogP contribution in [-0.2, 0) is 11.2 Å². The van der Waals surface area contributed by atoms with Crippen molar-refractivity contribution in [2.75, 3.05) is 7.11 Å². The van der Waals surface area contributed by atoms with Crippen LogP contribution in [0.25, 0.3) is 0 Å². The predicted octanol–water partition coefficient (Wildman–Crippen LogP) is 3.22. The smallest absolute Gasteiger partial charge is 0.162 e. The highest BCUT2D eigenvalue weighted by atomic mass is 19.2. The first-order valence-corrected chi connectivity index (χ1v) is 6.75. The molecule has 1 aliphatic rings. The SMILES string of the molecule is COC1(C(O)Cc2cccc(F)c2F)CCCCC1. The van der Waals surface area contributed by atoms with E-state index in [1.165, 1.54) is 12.1 Å². The molecule has 0 amide bonds. The number of aliphatic hydroxyl groups is 1. The molecule has 106 valence electrons. The van der Waals surface area contributed by atoms with E-state index in [-0.39, 0.29) is 12.0 Å². The number of ether oxygens (including phenoxy) is 1. The Bertz CT molecular complexity index is 428. The van der Waals surface area contributed by atoms with Gasteiger partial charge in [-0.05, 0) is 24.5 Å². The molecule has 0 saturated heterocycles. The van der Waals surface area contributed by atoms with Crippen LogP contribution in [0.2, 0.25) is 0 Å². The van der Waals surface area contributed by atoms with Crippen LogP contribution in [0.3, 0.4) is 0 Å². The largest absolute Gasteiger partial charge is 0.390 e. The summed E-state index contributed by atoms with van der Waals surface area (Å²) < 4.78 is 32.3. The Balaban J connectivity index is 2.15. The molecule has 0 bridgehead atoms. The number of halogens is 2. The summed E-state index contributed by atoms with van der Waals surface area (Å²) in [5, 5.41) is 10.4. The summed E-state index contributed by atoms with van der Waals surface area (Å²) in [4.78, 5) is 0. The summed E-state index contributed by atoms with van der Waals surface area (Å²) in [6.45, 7) is 0. The summed E-state index contributed by atoms with van der Waals surface area (Å²) >= 11 is 0. The maximum Gasteiger partial charge on any atom is 0.162 e. The molecule has 1 fully saturated rings. The first-order valence-electron chi connectivity index (χ1n) is 6.75. The third kappa shape index (κ3) is 2.95. The Morgan fingerprint density at radius 2 is 1.95 bits per heavy atom. The third-order valence-electron chi connectivity index (χ3n) is 4.16. The molecule has 1 saturated carbocycles. The lowest BCUT2D eigenvalue weighted by atomic mass is 9.78. The van der Waals surface area contributed by atoms with Gasteiger partial charge < -0.3 is 9.84 Å². The summed E-state index contributed by atoms with van der Waals surface area (Å²) in [5.74, 6) is -1.75. The topological polar surface area (TPSA) is 29.5 Å². The average Bonchev–Trinajstić information content (AvgIpc) is 2.44. The molecule has 2 rings (SSSR count). The van der Waals surface area contributed by atoms with Crippen molar-refractivity contribution >= 4 is 0 Å². The van der Waals surface area contributed by atoms with Gasteiger partial charge in [0.1, 0.15) is 0 Å². The van der Waals surface area contributed by atoms with Crippen LogP contribution in [-0.4, -0.2) is 23.9 Å². The van der Waals surface area contributed by atoms with E-state index in [4.69, 9.17) is 4.74 Å². The Morgan fingerprint density at radius 3 is 2.58 bits per heavy atom. The molecule has 2 nitrogen and oxygen atoms in total. The van der Waals surface area contributed by atoms with Crippen LogP contribution in [0.1, 0.15) is 37.7 Å². The van der Waals surface area contributed by atoms with Crippen molar-refractivity contribution in [3.8, 4) is 0 Å². The van der Waals surface area contributed by atoms with Crippen molar-refractivity contribution in [3.63, 3.8) is 0 Å². The van der Waals surface area contributed by atoms with Crippen LogP contribution >= 0.6 is 0 Å². The van der Waals surface area contributed by atoms with Gasteiger partial charge in [-0.2, -0.15) is 0 Å². The second kappa shape index (κ2) is 5.97. The normalized spacial score (nSPS) is 20.2. The van der Waals surface area contributed by atoms with Gasteiger partial charge in [0.15, 0.2) is 11.6 Å². The van der Waals surface area contributed by atoms with E-state index in [1.54, 1.807) is 7.11 Å². The number of hydrogen-bond donors (Lipinski definition) is 1. The number of benzene rings is 1. The molecular formula is C15H20F2O2. The molecule has 4 heteroatoms. The first-order chi connectivity index (χ1) is 9.09. The lowest BCUT2D eigenvalue weighted by molar-refractivity contribution is -0.122. The zero-order valence-corrected chi connectivity index (χ0v) is 11.2. The molecule has 0 heterocycles. The van der Waals surface area contributed by atoms with Gasteiger partial charge in [-0.25, -0.2) is 8.78 Å². The van der Waals surface area contributed by atoms with Gasteiger partial charge in [-0.3, -0.25) is 0 Å². The molecular weight excluding hydrogens is 250 g/mol. The van der Waals surface area contributed by atoms with E-state index in [2.05, 4.69) is 0 Å². The highest BCUT2D eigenvalue weighted by molar-refractivity contribution is 5.20. The summed E-state index contributed by atoms with van der Waals surface area (Å²) in [6, 6.07) is 4.05. The predicted molar refractivity (Wildman–Crippen MR) is 68.9 cm³/mol. The Labute approximate surface area is 112 Å². The summed E-state index contributed by atoms with van der Waals surface area (Å²) in [5.41, 5.74) is -0.411. The molecule has 1 aromatic carbocycles. The van der Waals surface area contributed by atoms with Gasteiger partial charge in [0.2, 0.25) is 0 Å². The van der Waals surface area contributed by atoms with Crippen LogP contribution in [0.15, 0.2) is 18.2 Å². The minimum atomic E-state index is -0.875. The van der Waals surface area contributed by atoms with Crippen molar-refractivity contribution < 1.29 is 18.6 Å². The fraction of sp³-hybridized carbons (Fsp3) is 0.600. The van der Waals surface area contributed by atoms with E-state index in [0.29, 0.717) is 0 Å². The maximum atomic E-state index is 13.6. The van der Waals surface area contributed by atoms with Gasteiger partial charge in [0.05, 0.1) is 11.7 Å². The van der Waals surface area contributed by atoms with Crippen molar-refractivity contribution in [3.05, 3.63) is 35.4 Å². The Kier molecular flexibility index (Phi) is 4.53. The highest BCUT2D eigenvalue weighted by Gasteiger charge is 2.39. The molecule has 0 aliphatic heterocycles. The molecule has 0 aromatic heterocycles. The number of methoxy groups -OCH3 is 1. The minimum Gasteiger partial charge on any atom is -0.390 e. The quantitative estimate of drug-likeness (QED) is 0.910. The van der Waals surface area contributed by atoms with E-state index in [1.807, 2.05) is 0 Å². The summed E-state index contributed by atoms with van der Waals surface area (Å²) in [7, 11) is 1.58. The lowest BCUT2D eigenvalue weighted by Crippen LogP contribution is -2.47. The van der Waals surface area contributed by atoms with Gasteiger partial charge in [0, 0.05) is 13.5 Å². The standard InChI is InChI=1S/C15H20F2O2/c1-19-15(8-3-2-4-9-15)13(18)10-11-6-5-7-12(16)14(11)17/h5-7,13,18H,2-4,8-10H2,1H3. The zero-order valence-electron chi connectivity index (χ0n) is 11.2. The molecule has 19 heavy (non-hydrogen) atoms. The third-order valence-corrected chi connectivity index (χ3v) is 4.16. The minimum absolute atomic E-state index is 0.0808. The Morgan fingerprint density at radius 1 is 1.26 bits per heavy atom. The molecule has 1 unspecified atom stereocenters. The molecule has 0 spiro atoms. The highest BCUT2D eigenvalue weighted by Crippen LogP contribution is 2.35. The van der Waals surface area contributed by atoms with Gasteiger partial charge >= 0.3 is 0 Å². The van der Waals surface area contributed by atoms with Crippen molar-refractivity contribution in [1.82, 2.24) is 0 Å². The van der Waals surface area contributed by atoms with Gasteiger partial charge in [0.25, 0.3) is 0 Å². The second-order valence-electron chi connectivity index (χ2n) is 5.26. The van der Waals surface area contributed by atoms with Gasteiger partial charge in [-0.1, -0.05) is 31.4 Å².